The van der Waals surface area contributed by atoms with Crippen molar-refractivity contribution in [1.82, 2.24) is 0 Å². The highest BCUT2D eigenvalue weighted by Gasteiger charge is 2.20. The van der Waals surface area contributed by atoms with E-state index in [1.807, 2.05) is 0 Å². The van der Waals surface area contributed by atoms with Gasteiger partial charge in [-0.15, -0.1) is 0 Å². The molecule has 0 unspecified atom stereocenters. The minimum absolute atomic E-state index is 0.0333. The number of aliphatic hydroxyl groups is 2. The molecule has 0 bridgehead atoms. The predicted molar refractivity (Wildman–Crippen MR) is 55.6 cm³/mol. The van der Waals surface area contributed by atoms with Crippen molar-refractivity contribution in [1.29, 1.82) is 0 Å². The fraction of sp³-hybridized carbons (Fsp3) is 1.00. The lowest BCUT2D eigenvalue weighted by Gasteiger charge is -2.25. The molecule has 0 spiro atoms. The third kappa shape index (κ3) is 6.05. The Hall–Kier alpha value is -0.0800. The quantitative estimate of drug-likeness (QED) is 0.671. The van der Waals surface area contributed by atoms with Crippen LogP contribution in [0, 0.1) is 10.8 Å². The highest BCUT2D eigenvalue weighted by Crippen LogP contribution is 2.28. The topological polar surface area (TPSA) is 40.5 Å². The first-order valence-corrected chi connectivity index (χ1v) is 5.05. The van der Waals surface area contributed by atoms with Gasteiger partial charge in [-0.25, -0.2) is 0 Å². The summed E-state index contributed by atoms with van der Waals surface area (Å²) in [5, 5.41) is 18.1. The van der Waals surface area contributed by atoms with Gasteiger partial charge in [0.2, 0.25) is 0 Å². The van der Waals surface area contributed by atoms with E-state index in [1.54, 1.807) is 0 Å². The van der Waals surface area contributed by atoms with Gasteiger partial charge < -0.3 is 10.2 Å². The second kappa shape index (κ2) is 4.97. The van der Waals surface area contributed by atoms with Crippen molar-refractivity contribution >= 4 is 0 Å². The first-order chi connectivity index (χ1) is 5.83. The van der Waals surface area contributed by atoms with Gasteiger partial charge in [-0.2, -0.15) is 0 Å². The Balaban J connectivity index is 3.68. The van der Waals surface area contributed by atoms with Crippen LogP contribution >= 0.6 is 0 Å². The van der Waals surface area contributed by atoms with Crippen molar-refractivity contribution in [2.45, 2.75) is 47.0 Å². The zero-order valence-electron chi connectivity index (χ0n) is 9.43. The molecule has 0 saturated heterocycles. The molecule has 13 heavy (non-hydrogen) atoms. The molecule has 0 aromatic rings. The average molecular weight is 188 g/mol. The van der Waals surface area contributed by atoms with Gasteiger partial charge in [0, 0.05) is 13.2 Å². The van der Waals surface area contributed by atoms with Gasteiger partial charge >= 0.3 is 0 Å². The van der Waals surface area contributed by atoms with E-state index >= 15 is 0 Å². The molecule has 0 aromatic heterocycles. The SMILES string of the molecule is CC(C)(CO)CCCC(C)(C)CO. The predicted octanol–water partition coefficient (Wildman–Crippen LogP) is 2.19. The molecule has 0 aliphatic heterocycles. The molecule has 0 saturated carbocycles. The van der Waals surface area contributed by atoms with Gasteiger partial charge in [0.05, 0.1) is 0 Å². The van der Waals surface area contributed by atoms with Crippen molar-refractivity contribution in [3.8, 4) is 0 Å². The van der Waals surface area contributed by atoms with E-state index < -0.39 is 0 Å². The van der Waals surface area contributed by atoms with Gasteiger partial charge in [-0.3, -0.25) is 0 Å². The Morgan fingerprint density at radius 2 is 1.08 bits per heavy atom. The van der Waals surface area contributed by atoms with Crippen LogP contribution in [0.25, 0.3) is 0 Å². The van der Waals surface area contributed by atoms with Crippen LogP contribution in [-0.4, -0.2) is 23.4 Å². The second-order valence-electron chi connectivity index (χ2n) is 5.50. The van der Waals surface area contributed by atoms with Gasteiger partial charge in [0.25, 0.3) is 0 Å². The van der Waals surface area contributed by atoms with Crippen molar-refractivity contribution in [2.75, 3.05) is 13.2 Å². The first kappa shape index (κ1) is 12.9. The zero-order chi connectivity index (χ0) is 10.5. The van der Waals surface area contributed by atoms with E-state index in [4.69, 9.17) is 10.2 Å². The minimum atomic E-state index is 0.0333. The van der Waals surface area contributed by atoms with Gasteiger partial charge in [-0.1, -0.05) is 34.1 Å². The van der Waals surface area contributed by atoms with Crippen molar-refractivity contribution in [2.24, 2.45) is 10.8 Å². The molecular formula is C11H24O2. The molecule has 0 atom stereocenters. The van der Waals surface area contributed by atoms with Crippen LogP contribution in [0.4, 0.5) is 0 Å². The molecule has 0 aromatic carbocycles. The van der Waals surface area contributed by atoms with Gasteiger partial charge in [-0.05, 0) is 23.7 Å². The summed E-state index contributed by atoms with van der Waals surface area (Å²) in [6.07, 6.45) is 3.11. The van der Waals surface area contributed by atoms with Crippen molar-refractivity contribution in [3.05, 3.63) is 0 Å². The number of hydrogen-bond acceptors (Lipinski definition) is 2. The molecule has 2 nitrogen and oxygen atoms in total. The summed E-state index contributed by atoms with van der Waals surface area (Å²) >= 11 is 0. The summed E-state index contributed by atoms with van der Waals surface area (Å²) in [7, 11) is 0. The molecule has 80 valence electrons. The Morgan fingerprint density at radius 3 is 1.31 bits per heavy atom. The number of rotatable bonds is 6. The average Bonchev–Trinajstić information content (AvgIpc) is 2.04. The van der Waals surface area contributed by atoms with Gasteiger partial charge in [0.1, 0.15) is 0 Å². The second-order valence-corrected chi connectivity index (χ2v) is 5.50. The molecule has 0 fully saturated rings. The highest BCUT2D eigenvalue weighted by molar-refractivity contribution is 4.71. The standard InChI is InChI=1S/C11H24O2/c1-10(2,8-12)6-5-7-11(3,4)9-13/h12-13H,5-9H2,1-4H3. The third-order valence-electron chi connectivity index (χ3n) is 2.56. The van der Waals surface area contributed by atoms with E-state index in [9.17, 15) is 0 Å². The Kier molecular flexibility index (Phi) is 4.93. The number of hydrogen-bond donors (Lipinski definition) is 2. The van der Waals surface area contributed by atoms with E-state index in [-0.39, 0.29) is 24.0 Å². The van der Waals surface area contributed by atoms with Crippen LogP contribution in [0.1, 0.15) is 47.0 Å². The maximum atomic E-state index is 9.03. The Labute approximate surface area is 82.0 Å². The molecule has 0 aliphatic carbocycles. The zero-order valence-corrected chi connectivity index (χ0v) is 9.43. The van der Waals surface area contributed by atoms with Crippen molar-refractivity contribution in [3.63, 3.8) is 0 Å². The highest BCUT2D eigenvalue weighted by atomic mass is 16.3. The Morgan fingerprint density at radius 1 is 0.769 bits per heavy atom. The molecule has 0 radical (unpaired) electrons. The smallest absolute Gasteiger partial charge is 0.0482 e. The van der Waals surface area contributed by atoms with Crippen LogP contribution < -0.4 is 0 Å². The molecule has 0 aliphatic rings. The largest absolute Gasteiger partial charge is 0.396 e. The van der Waals surface area contributed by atoms with E-state index in [1.165, 1.54) is 0 Å². The molecule has 2 N–H and O–H groups in total. The van der Waals surface area contributed by atoms with Crippen molar-refractivity contribution < 1.29 is 10.2 Å². The third-order valence-corrected chi connectivity index (χ3v) is 2.56. The van der Waals surface area contributed by atoms with E-state index in [0.29, 0.717) is 0 Å². The molecule has 0 rings (SSSR count). The molecule has 0 heterocycles. The summed E-state index contributed by atoms with van der Waals surface area (Å²) in [5.41, 5.74) is 0.0665. The minimum Gasteiger partial charge on any atom is -0.396 e. The lowest BCUT2D eigenvalue weighted by Crippen LogP contribution is -2.20. The lowest BCUT2D eigenvalue weighted by molar-refractivity contribution is 0.121. The summed E-state index contributed by atoms with van der Waals surface area (Å²) in [6.45, 7) is 8.76. The van der Waals surface area contributed by atoms with Crippen LogP contribution in [0.2, 0.25) is 0 Å². The summed E-state index contributed by atoms with van der Waals surface area (Å²) in [4.78, 5) is 0. The normalized spacial score (nSPS) is 13.4. The molecular weight excluding hydrogens is 164 g/mol. The van der Waals surface area contributed by atoms with Crippen LogP contribution in [0.3, 0.4) is 0 Å². The molecule has 2 heteroatoms. The van der Waals surface area contributed by atoms with Crippen LogP contribution in [0.15, 0.2) is 0 Å². The number of aliphatic hydroxyl groups excluding tert-OH is 2. The monoisotopic (exact) mass is 188 g/mol. The summed E-state index contributed by atoms with van der Waals surface area (Å²) in [5.74, 6) is 0. The maximum absolute atomic E-state index is 9.03. The van der Waals surface area contributed by atoms with E-state index in [0.717, 1.165) is 19.3 Å². The summed E-state index contributed by atoms with van der Waals surface area (Å²) in [6, 6.07) is 0. The van der Waals surface area contributed by atoms with E-state index in [2.05, 4.69) is 27.7 Å². The fourth-order valence-electron chi connectivity index (χ4n) is 1.20. The van der Waals surface area contributed by atoms with Crippen LogP contribution in [-0.2, 0) is 0 Å². The lowest BCUT2D eigenvalue weighted by atomic mass is 9.82. The first-order valence-electron chi connectivity index (χ1n) is 5.05. The Bertz CT molecular complexity index is 123. The molecule has 0 amide bonds. The van der Waals surface area contributed by atoms with Gasteiger partial charge in [0.15, 0.2) is 0 Å². The summed E-state index contributed by atoms with van der Waals surface area (Å²) < 4.78 is 0. The maximum Gasteiger partial charge on any atom is 0.0482 e. The van der Waals surface area contributed by atoms with Crippen LogP contribution in [0.5, 0.6) is 0 Å². The fourth-order valence-corrected chi connectivity index (χ4v) is 1.20.